The van der Waals surface area contributed by atoms with Crippen LogP contribution in [-0.4, -0.2) is 27.1 Å². The van der Waals surface area contributed by atoms with Gasteiger partial charge in [-0.2, -0.15) is 0 Å². The normalized spacial score (nSPS) is 10.8. The predicted molar refractivity (Wildman–Crippen MR) is 106 cm³/mol. The number of rotatable bonds is 5. The lowest BCUT2D eigenvalue weighted by Crippen LogP contribution is -2.31. The van der Waals surface area contributed by atoms with Crippen LogP contribution in [0.5, 0.6) is 0 Å². The molecule has 8 heteroatoms. The van der Waals surface area contributed by atoms with Gasteiger partial charge in [0.25, 0.3) is 0 Å². The van der Waals surface area contributed by atoms with E-state index in [1.807, 2.05) is 47.0 Å². The minimum absolute atomic E-state index is 0.0929. The van der Waals surface area contributed by atoms with E-state index < -0.39 is 17.7 Å². The number of halogens is 2. The van der Waals surface area contributed by atoms with E-state index in [0.29, 0.717) is 12.5 Å². The average molecular weight is 393 g/mol. The van der Waals surface area contributed by atoms with Crippen molar-refractivity contribution >= 4 is 22.9 Å². The minimum Gasteiger partial charge on any atom is -0.337 e. The third kappa shape index (κ3) is 4.06. The molecule has 0 saturated carbocycles. The number of pyridine rings is 1. The number of benzene rings is 2. The second-order valence-corrected chi connectivity index (χ2v) is 6.30. The van der Waals surface area contributed by atoms with Crippen LogP contribution in [-0.2, 0) is 6.42 Å². The van der Waals surface area contributed by atoms with Gasteiger partial charge in [0.05, 0.1) is 5.69 Å². The Hall–Kier alpha value is -3.81. The number of urea groups is 1. The van der Waals surface area contributed by atoms with Gasteiger partial charge in [-0.15, -0.1) is 0 Å². The fraction of sp³-hybridized carbons (Fsp3) is 0.0952. The van der Waals surface area contributed by atoms with Gasteiger partial charge < -0.3 is 10.6 Å². The van der Waals surface area contributed by atoms with Gasteiger partial charge in [0.1, 0.15) is 23.0 Å². The summed E-state index contributed by atoms with van der Waals surface area (Å²) in [5.74, 6) is -0.808. The van der Waals surface area contributed by atoms with Crippen LogP contribution >= 0.6 is 0 Å². The first kappa shape index (κ1) is 18.5. The van der Waals surface area contributed by atoms with Crippen molar-refractivity contribution in [2.24, 2.45) is 0 Å². The Labute approximate surface area is 165 Å². The van der Waals surface area contributed by atoms with Gasteiger partial charge >= 0.3 is 6.03 Å². The lowest BCUT2D eigenvalue weighted by Gasteiger charge is -2.10. The second-order valence-electron chi connectivity index (χ2n) is 6.30. The van der Waals surface area contributed by atoms with Crippen molar-refractivity contribution in [3.05, 3.63) is 84.3 Å². The van der Waals surface area contributed by atoms with Crippen molar-refractivity contribution in [1.82, 2.24) is 19.9 Å². The summed E-state index contributed by atoms with van der Waals surface area (Å²) < 4.78 is 28.6. The summed E-state index contributed by atoms with van der Waals surface area (Å²) >= 11 is 0. The Kier molecular flexibility index (Phi) is 5.15. The second kappa shape index (κ2) is 8.05. The number of hydrogen-bond acceptors (Lipinski definition) is 3. The number of anilines is 1. The number of nitrogens with one attached hydrogen (secondary N) is 2. The van der Waals surface area contributed by atoms with E-state index in [1.165, 1.54) is 6.07 Å². The number of amides is 2. The van der Waals surface area contributed by atoms with Gasteiger partial charge in [-0.05, 0) is 36.4 Å². The van der Waals surface area contributed by atoms with E-state index in [9.17, 15) is 13.6 Å². The monoisotopic (exact) mass is 393 g/mol. The van der Waals surface area contributed by atoms with E-state index in [0.717, 1.165) is 28.7 Å². The number of aromatic nitrogens is 3. The van der Waals surface area contributed by atoms with Gasteiger partial charge in [-0.25, -0.2) is 23.5 Å². The lowest BCUT2D eigenvalue weighted by atomic mass is 10.3. The molecule has 2 aromatic heterocycles. The van der Waals surface area contributed by atoms with E-state index >= 15 is 0 Å². The third-order valence-corrected chi connectivity index (χ3v) is 4.31. The molecule has 2 amide bonds. The quantitative estimate of drug-likeness (QED) is 0.537. The molecule has 2 N–H and O–H groups in total. The number of hydrogen-bond donors (Lipinski definition) is 2. The molecule has 0 atom stereocenters. The molecule has 4 rings (SSSR count). The zero-order chi connectivity index (χ0) is 20.2. The lowest BCUT2D eigenvalue weighted by molar-refractivity contribution is 0.252. The van der Waals surface area contributed by atoms with E-state index in [1.54, 1.807) is 6.20 Å². The van der Waals surface area contributed by atoms with Crippen LogP contribution in [0.3, 0.4) is 0 Å². The Morgan fingerprint density at radius 3 is 2.66 bits per heavy atom. The first-order valence-electron chi connectivity index (χ1n) is 8.99. The Balaban J connectivity index is 1.48. The summed E-state index contributed by atoms with van der Waals surface area (Å²) in [6.45, 7) is 0.269. The van der Waals surface area contributed by atoms with Crippen molar-refractivity contribution in [2.75, 3.05) is 11.9 Å². The molecular weight excluding hydrogens is 376 g/mol. The van der Waals surface area contributed by atoms with Crippen LogP contribution in [0, 0.1) is 11.6 Å². The molecule has 0 bridgehead atoms. The Morgan fingerprint density at radius 2 is 1.86 bits per heavy atom. The van der Waals surface area contributed by atoms with Gasteiger partial charge in [0.2, 0.25) is 0 Å². The summed E-state index contributed by atoms with van der Waals surface area (Å²) in [6, 6.07) is 15.8. The predicted octanol–water partition coefficient (Wildman–Crippen LogP) is 4.06. The Morgan fingerprint density at radius 1 is 1.03 bits per heavy atom. The molecule has 0 aliphatic carbocycles. The molecule has 0 aliphatic rings. The summed E-state index contributed by atoms with van der Waals surface area (Å²) in [5.41, 5.74) is 2.31. The van der Waals surface area contributed by atoms with Crippen LogP contribution in [0.4, 0.5) is 19.3 Å². The fourth-order valence-electron chi connectivity index (χ4n) is 3.02. The van der Waals surface area contributed by atoms with Crippen LogP contribution < -0.4 is 10.6 Å². The molecule has 0 aliphatic heterocycles. The van der Waals surface area contributed by atoms with Crippen LogP contribution in [0.1, 0.15) is 5.82 Å². The maximum atomic E-state index is 13.7. The van der Waals surface area contributed by atoms with Crippen LogP contribution in [0.2, 0.25) is 0 Å². The summed E-state index contributed by atoms with van der Waals surface area (Å²) in [5, 5.41) is 5.03. The molecule has 29 heavy (non-hydrogen) atoms. The zero-order valence-corrected chi connectivity index (χ0v) is 15.3. The fourth-order valence-corrected chi connectivity index (χ4v) is 3.02. The first-order chi connectivity index (χ1) is 14.1. The standard InChI is InChI=1S/C21H17F2N5O/c22-14-8-9-17(16(23)13-14)27-21(29)25-12-10-19-26-18-7-4-11-24-20(18)28(19)15-5-2-1-3-6-15/h1-9,11,13H,10,12H2,(H2,25,27,29). The van der Waals surface area contributed by atoms with E-state index in [4.69, 9.17) is 0 Å². The third-order valence-electron chi connectivity index (χ3n) is 4.31. The summed E-state index contributed by atoms with van der Waals surface area (Å²) in [7, 11) is 0. The maximum Gasteiger partial charge on any atom is 0.319 e. The topological polar surface area (TPSA) is 71.8 Å². The molecule has 146 valence electrons. The van der Waals surface area contributed by atoms with Crippen LogP contribution in [0.15, 0.2) is 66.9 Å². The smallest absolute Gasteiger partial charge is 0.319 e. The van der Waals surface area contributed by atoms with Crippen molar-refractivity contribution in [1.29, 1.82) is 0 Å². The van der Waals surface area contributed by atoms with Gasteiger partial charge in [-0.3, -0.25) is 4.57 Å². The van der Waals surface area contributed by atoms with Gasteiger partial charge in [0.15, 0.2) is 5.65 Å². The van der Waals surface area contributed by atoms with Crippen molar-refractivity contribution in [3.8, 4) is 5.69 Å². The van der Waals surface area contributed by atoms with E-state index in [-0.39, 0.29) is 12.2 Å². The van der Waals surface area contributed by atoms with Crippen molar-refractivity contribution < 1.29 is 13.6 Å². The number of carbonyl (C=O) groups is 1. The number of para-hydroxylation sites is 1. The molecule has 6 nitrogen and oxygen atoms in total. The maximum absolute atomic E-state index is 13.7. The highest BCUT2D eigenvalue weighted by Crippen LogP contribution is 2.20. The first-order valence-corrected chi connectivity index (χ1v) is 8.99. The zero-order valence-electron chi connectivity index (χ0n) is 15.3. The Bertz CT molecular complexity index is 1160. The minimum atomic E-state index is -0.836. The molecule has 0 radical (unpaired) electrons. The largest absolute Gasteiger partial charge is 0.337 e. The molecule has 2 heterocycles. The molecule has 2 aromatic carbocycles. The summed E-state index contributed by atoms with van der Waals surface area (Å²) in [6.07, 6.45) is 2.14. The molecule has 0 spiro atoms. The number of imidazole rings is 1. The average Bonchev–Trinajstić information content (AvgIpc) is 3.09. The molecule has 4 aromatic rings. The molecular formula is C21H17F2N5O. The SMILES string of the molecule is O=C(NCCc1nc2cccnc2n1-c1ccccc1)Nc1ccc(F)cc1F. The molecule has 0 fully saturated rings. The molecule has 0 unspecified atom stereocenters. The molecule has 0 saturated heterocycles. The van der Waals surface area contributed by atoms with Crippen molar-refractivity contribution in [2.45, 2.75) is 6.42 Å². The van der Waals surface area contributed by atoms with Gasteiger partial charge in [0, 0.05) is 30.9 Å². The highest BCUT2D eigenvalue weighted by Gasteiger charge is 2.14. The number of carbonyl (C=O) groups excluding carboxylic acids is 1. The number of fused-ring (bicyclic) bond motifs is 1. The van der Waals surface area contributed by atoms with E-state index in [2.05, 4.69) is 20.6 Å². The van der Waals surface area contributed by atoms with Gasteiger partial charge in [-0.1, -0.05) is 18.2 Å². The van der Waals surface area contributed by atoms with Crippen molar-refractivity contribution in [3.63, 3.8) is 0 Å². The highest BCUT2D eigenvalue weighted by atomic mass is 19.1. The highest BCUT2D eigenvalue weighted by molar-refractivity contribution is 5.89. The number of nitrogens with zero attached hydrogens (tertiary/aromatic N) is 3. The van der Waals surface area contributed by atoms with Crippen LogP contribution in [0.25, 0.3) is 16.9 Å². The summed E-state index contributed by atoms with van der Waals surface area (Å²) in [4.78, 5) is 21.1.